The van der Waals surface area contributed by atoms with Crippen molar-refractivity contribution in [3.63, 3.8) is 0 Å². The number of benzene rings is 1. The zero-order chi connectivity index (χ0) is 15.9. The molecule has 0 aliphatic carbocycles. The normalized spacial score (nSPS) is 24.1. The van der Waals surface area contributed by atoms with Gasteiger partial charge in [-0.2, -0.15) is 4.39 Å². The standard InChI is InChI=1S/C15H18F2N2O3/c1-19-13(9-7-10(16)12(17)11(8-9)21-2)18-15(14(19)20)3-5-22-6-4-15/h7-8,13,18H,3-6H2,1-2H3. The molecule has 1 aromatic rings. The molecule has 22 heavy (non-hydrogen) atoms. The third-order valence-electron chi connectivity index (χ3n) is 4.43. The number of rotatable bonds is 2. The van der Waals surface area contributed by atoms with Gasteiger partial charge in [-0.15, -0.1) is 0 Å². The fourth-order valence-corrected chi connectivity index (χ4v) is 3.15. The van der Waals surface area contributed by atoms with Crippen LogP contribution in [0.2, 0.25) is 0 Å². The maximum Gasteiger partial charge on any atom is 0.244 e. The van der Waals surface area contributed by atoms with Crippen molar-refractivity contribution in [2.24, 2.45) is 0 Å². The van der Waals surface area contributed by atoms with Crippen molar-refractivity contribution in [2.45, 2.75) is 24.5 Å². The second kappa shape index (κ2) is 5.48. The molecule has 1 spiro atoms. The Hall–Kier alpha value is -1.73. The van der Waals surface area contributed by atoms with Crippen LogP contribution in [-0.2, 0) is 9.53 Å². The molecule has 3 rings (SSSR count). The Balaban J connectivity index is 1.95. The van der Waals surface area contributed by atoms with Crippen molar-refractivity contribution in [1.82, 2.24) is 10.2 Å². The van der Waals surface area contributed by atoms with Gasteiger partial charge in [0.2, 0.25) is 11.7 Å². The van der Waals surface area contributed by atoms with Gasteiger partial charge in [0.25, 0.3) is 0 Å². The Bertz CT molecular complexity index is 603. The largest absolute Gasteiger partial charge is 0.494 e. The van der Waals surface area contributed by atoms with Gasteiger partial charge in [-0.1, -0.05) is 0 Å². The van der Waals surface area contributed by atoms with E-state index in [9.17, 15) is 13.6 Å². The molecular formula is C15H18F2N2O3. The van der Waals surface area contributed by atoms with E-state index in [4.69, 9.17) is 9.47 Å². The molecule has 2 saturated heterocycles. The molecule has 2 heterocycles. The van der Waals surface area contributed by atoms with Crippen molar-refractivity contribution in [3.05, 3.63) is 29.3 Å². The quantitative estimate of drug-likeness (QED) is 0.901. The molecule has 1 amide bonds. The Morgan fingerprint density at radius 2 is 2.05 bits per heavy atom. The van der Waals surface area contributed by atoms with Crippen LogP contribution in [0.25, 0.3) is 0 Å². The summed E-state index contributed by atoms with van der Waals surface area (Å²) in [4.78, 5) is 14.1. The Labute approximate surface area is 127 Å². The van der Waals surface area contributed by atoms with Crippen molar-refractivity contribution < 1.29 is 23.0 Å². The minimum absolute atomic E-state index is 0.0514. The SMILES string of the molecule is COc1cc(C2NC3(CCOCC3)C(=O)N2C)cc(F)c1F. The summed E-state index contributed by atoms with van der Waals surface area (Å²) in [6.45, 7) is 1.00. The van der Waals surface area contributed by atoms with E-state index >= 15 is 0 Å². The van der Waals surface area contributed by atoms with Crippen LogP contribution in [0.3, 0.4) is 0 Å². The van der Waals surface area contributed by atoms with Crippen molar-refractivity contribution >= 4 is 5.91 Å². The average molecular weight is 312 g/mol. The van der Waals surface area contributed by atoms with E-state index in [0.29, 0.717) is 31.6 Å². The third-order valence-corrected chi connectivity index (χ3v) is 4.43. The lowest BCUT2D eigenvalue weighted by Crippen LogP contribution is -2.50. The molecule has 0 saturated carbocycles. The van der Waals surface area contributed by atoms with E-state index < -0.39 is 23.3 Å². The molecule has 120 valence electrons. The Morgan fingerprint density at radius 1 is 1.36 bits per heavy atom. The van der Waals surface area contributed by atoms with Crippen LogP contribution in [-0.4, -0.2) is 43.7 Å². The predicted molar refractivity (Wildman–Crippen MR) is 74.3 cm³/mol. The molecule has 0 radical (unpaired) electrons. The third kappa shape index (κ3) is 2.24. The van der Waals surface area contributed by atoms with Gasteiger partial charge in [0.1, 0.15) is 11.7 Å². The lowest BCUT2D eigenvalue weighted by Gasteiger charge is -2.31. The predicted octanol–water partition coefficient (Wildman–Crippen LogP) is 1.58. The molecule has 1 atom stereocenters. The number of ether oxygens (including phenoxy) is 2. The number of carbonyl (C=O) groups excluding carboxylic acids is 1. The van der Waals surface area contributed by atoms with Crippen molar-refractivity contribution in [2.75, 3.05) is 27.4 Å². The fraction of sp³-hybridized carbons (Fsp3) is 0.533. The number of amides is 1. The number of hydrogen-bond acceptors (Lipinski definition) is 4. The highest BCUT2D eigenvalue weighted by molar-refractivity contribution is 5.89. The number of likely N-dealkylation sites (N-methyl/N-ethyl adjacent to an activating group) is 1. The molecule has 0 aromatic heterocycles. The van der Waals surface area contributed by atoms with Crippen LogP contribution in [0.15, 0.2) is 12.1 Å². The van der Waals surface area contributed by atoms with E-state index in [1.807, 2.05) is 0 Å². The van der Waals surface area contributed by atoms with E-state index in [-0.39, 0.29) is 11.7 Å². The van der Waals surface area contributed by atoms with Crippen LogP contribution in [0, 0.1) is 11.6 Å². The number of methoxy groups -OCH3 is 1. The lowest BCUT2D eigenvalue weighted by molar-refractivity contribution is -0.134. The summed E-state index contributed by atoms with van der Waals surface area (Å²) in [7, 11) is 2.93. The minimum atomic E-state index is -1.03. The summed E-state index contributed by atoms with van der Waals surface area (Å²) in [6, 6.07) is 2.51. The van der Waals surface area contributed by atoms with Gasteiger partial charge < -0.3 is 14.4 Å². The van der Waals surface area contributed by atoms with Crippen LogP contribution in [0.4, 0.5) is 8.78 Å². The maximum absolute atomic E-state index is 13.7. The Morgan fingerprint density at radius 3 is 2.68 bits per heavy atom. The number of carbonyl (C=O) groups is 1. The molecule has 1 unspecified atom stereocenters. The summed E-state index contributed by atoms with van der Waals surface area (Å²) < 4.78 is 37.5. The van der Waals surface area contributed by atoms with Gasteiger partial charge in [0.15, 0.2) is 11.6 Å². The number of nitrogens with zero attached hydrogens (tertiary/aromatic N) is 1. The first-order chi connectivity index (χ1) is 10.5. The maximum atomic E-state index is 13.7. The lowest BCUT2D eigenvalue weighted by atomic mass is 9.90. The number of nitrogens with one attached hydrogen (secondary N) is 1. The zero-order valence-corrected chi connectivity index (χ0v) is 12.5. The van der Waals surface area contributed by atoms with Gasteiger partial charge in [-0.05, 0) is 30.5 Å². The fourth-order valence-electron chi connectivity index (χ4n) is 3.15. The molecule has 2 aliphatic rings. The highest BCUT2D eigenvalue weighted by Gasteiger charge is 2.50. The summed E-state index contributed by atoms with van der Waals surface area (Å²) in [5, 5.41) is 3.27. The average Bonchev–Trinajstić information content (AvgIpc) is 2.76. The van der Waals surface area contributed by atoms with Gasteiger partial charge in [0, 0.05) is 20.3 Å². The van der Waals surface area contributed by atoms with Crippen LogP contribution < -0.4 is 10.1 Å². The zero-order valence-electron chi connectivity index (χ0n) is 12.5. The molecule has 2 fully saturated rings. The van der Waals surface area contributed by atoms with E-state index in [1.54, 1.807) is 7.05 Å². The number of hydrogen-bond donors (Lipinski definition) is 1. The Kier molecular flexibility index (Phi) is 3.78. The van der Waals surface area contributed by atoms with Crippen LogP contribution >= 0.6 is 0 Å². The van der Waals surface area contributed by atoms with Gasteiger partial charge in [-0.3, -0.25) is 10.1 Å². The molecule has 1 N–H and O–H groups in total. The van der Waals surface area contributed by atoms with Crippen molar-refractivity contribution in [3.8, 4) is 5.75 Å². The molecular weight excluding hydrogens is 294 g/mol. The highest BCUT2D eigenvalue weighted by Crippen LogP contribution is 2.37. The molecule has 5 nitrogen and oxygen atoms in total. The summed E-state index contributed by atoms with van der Waals surface area (Å²) in [6.07, 6.45) is 0.607. The first kappa shape index (κ1) is 15.2. The second-order valence-electron chi connectivity index (χ2n) is 5.68. The van der Waals surface area contributed by atoms with E-state index in [1.165, 1.54) is 18.1 Å². The van der Waals surface area contributed by atoms with Gasteiger partial charge in [0.05, 0.1) is 7.11 Å². The van der Waals surface area contributed by atoms with Crippen LogP contribution in [0.1, 0.15) is 24.6 Å². The van der Waals surface area contributed by atoms with Gasteiger partial charge >= 0.3 is 0 Å². The van der Waals surface area contributed by atoms with Gasteiger partial charge in [-0.25, -0.2) is 4.39 Å². The monoisotopic (exact) mass is 312 g/mol. The summed E-state index contributed by atoms with van der Waals surface area (Å²) in [5.41, 5.74) is -0.231. The summed E-state index contributed by atoms with van der Waals surface area (Å²) in [5.74, 6) is -2.25. The topological polar surface area (TPSA) is 50.8 Å². The molecule has 2 aliphatic heterocycles. The first-order valence-corrected chi connectivity index (χ1v) is 7.14. The molecule has 7 heteroatoms. The number of halogens is 2. The van der Waals surface area contributed by atoms with E-state index in [0.717, 1.165) is 6.07 Å². The smallest absolute Gasteiger partial charge is 0.244 e. The summed E-state index contributed by atoms with van der Waals surface area (Å²) >= 11 is 0. The first-order valence-electron chi connectivity index (χ1n) is 7.14. The van der Waals surface area contributed by atoms with Crippen LogP contribution in [0.5, 0.6) is 5.75 Å². The van der Waals surface area contributed by atoms with Crippen molar-refractivity contribution in [1.29, 1.82) is 0 Å². The minimum Gasteiger partial charge on any atom is -0.494 e. The van der Waals surface area contributed by atoms with E-state index in [2.05, 4.69) is 5.32 Å². The second-order valence-corrected chi connectivity index (χ2v) is 5.68. The highest BCUT2D eigenvalue weighted by atomic mass is 19.2. The molecule has 0 bridgehead atoms. The molecule has 1 aromatic carbocycles.